The fourth-order valence-electron chi connectivity index (χ4n) is 3.25. The Morgan fingerprint density at radius 2 is 1.89 bits per heavy atom. The quantitative estimate of drug-likeness (QED) is 0.549. The number of likely N-dealkylation sites (N-methyl/N-ethyl adjacent to an activating group) is 1. The molecule has 0 amide bonds. The number of hydrogen-bond acceptors (Lipinski definition) is 4. The summed E-state index contributed by atoms with van der Waals surface area (Å²) in [6.45, 7) is 8.18. The van der Waals surface area contributed by atoms with E-state index < -0.39 is 5.97 Å². The van der Waals surface area contributed by atoms with Gasteiger partial charge in [-0.25, -0.2) is 4.79 Å². The number of H-pyrrole nitrogens is 1. The average molecular weight is 373 g/mol. The van der Waals surface area contributed by atoms with Crippen LogP contribution in [-0.2, 0) is 11.3 Å². The molecule has 2 atom stereocenters. The van der Waals surface area contributed by atoms with Crippen molar-refractivity contribution in [1.29, 1.82) is 0 Å². The number of benzene rings is 1. The largest absolute Gasteiger partial charge is 0.496 e. The van der Waals surface area contributed by atoms with Gasteiger partial charge in [-0.15, -0.1) is 0 Å². The number of aromatic amines is 1. The second-order valence-electron chi connectivity index (χ2n) is 6.77. The van der Waals surface area contributed by atoms with Crippen LogP contribution in [-0.4, -0.2) is 43.5 Å². The molecule has 1 aromatic carbocycles. The van der Waals surface area contributed by atoms with E-state index >= 15 is 0 Å². The van der Waals surface area contributed by atoms with Crippen molar-refractivity contribution in [1.82, 2.24) is 4.98 Å². The molecular weight excluding hydrogens is 344 g/mol. The van der Waals surface area contributed by atoms with Gasteiger partial charge in [-0.3, -0.25) is 4.79 Å². The highest BCUT2D eigenvalue weighted by Crippen LogP contribution is 2.20. The van der Waals surface area contributed by atoms with Crippen LogP contribution in [0.15, 0.2) is 24.3 Å². The van der Waals surface area contributed by atoms with Crippen LogP contribution < -0.4 is 9.64 Å². The molecule has 0 bridgehead atoms. The Morgan fingerprint density at radius 1 is 1.22 bits per heavy atom. The molecule has 0 spiro atoms. The zero-order chi connectivity index (χ0) is 20.1. The topological polar surface area (TPSA) is 72.8 Å². The lowest BCUT2D eigenvalue weighted by Gasteiger charge is -2.21. The third kappa shape index (κ3) is 4.39. The van der Waals surface area contributed by atoms with E-state index in [9.17, 15) is 9.59 Å². The third-order valence-electron chi connectivity index (χ3n) is 4.96. The van der Waals surface area contributed by atoms with Gasteiger partial charge in [-0.05, 0) is 45.4 Å². The highest BCUT2D eigenvalue weighted by molar-refractivity contribution is 6.03. The van der Waals surface area contributed by atoms with Gasteiger partial charge in [-0.2, -0.15) is 0 Å². The Bertz CT molecular complexity index is 826. The molecule has 2 rings (SSSR count). The minimum atomic E-state index is -0.398. The van der Waals surface area contributed by atoms with Gasteiger partial charge in [0.2, 0.25) is 5.78 Å². The Hall–Kier alpha value is -2.60. The van der Waals surface area contributed by atoms with Gasteiger partial charge in [0.15, 0.2) is 6.04 Å². The van der Waals surface area contributed by atoms with Gasteiger partial charge < -0.3 is 19.4 Å². The number of carbonyl (C=O) groups excluding carboxylic acids is 2. The first-order valence-corrected chi connectivity index (χ1v) is 9.16. The number of Topliss-reactive ketones (excluding diaryl/α,β-unsaturated/α-hetero) is 1. The number of ether oxygens (including phenoxy) is 2. The maximum absolute atomic E-state index is 13.1. The third-order valence-corrected chi connectivity index (χ3v) is 4.96. The summed E-state index contributed by atoms with van der Waals surface area (Å²) in [7, 11) is 3.62. The Balaban J connectivity index is 2.22. The van der Waals surface area contributed by atoms with Crippen LogP contribution in [0, 0.1) is 13.8 Å². The molecule has 6 nitrogen and oxygen atoms in total. The lowest BCUT2D eigenvalue weighted by molar-refractivity contribution is -0.907. The summed E-state index contributed by atoms with van der Waals surface area (Å²) in [6.07, 6.45) is 0. The monoisotopic (exact) mass is 373 g/mol. The summed E-state index contributed by atoms with van der Waals surface area (Å²) in [5, 5.41) is 0. The highest BCUT2D eigenvalue weighted by Gasteiger charge is 2.30. The van der Waals surface area contributed by atoms with Gasteiger partial charge in [0.1, 0.15) is 12.3 Å². The molecule has 0 fully saturated rings. The van der Waals surface area contributed by atoms with E-state index in [1.807, 2.05) is 38.2 Å². The van der Waals surface area contributed by atoms with Gasteiger partial charge in [-0.1, -0.05) is 12.1 Å². The number of para-hydroxylation sites is 1. The number of nitrogens with one attached hydrogen (secondary N) is 2. The zero-order valence-corrected chi connectivity index (χ0v) is 16.9. The van der Waals surface area contributed by atoms with E-state index in [0.29, 0.717) is 35.7 Å². The molecule has 0 saturated heterocycles. The maximum atomic E-state index is 13.1. The second-order valence-corrected chi connectivity index (χ2v) is 6.77. The molecule has 2 aromatic rings. The molecule has 146 valence electrons. The molecule has 0 aliphatic rings. The summed E-state index contributed by atoms with van der Waals surface area (Å²) >= 11 is 0. The Labute approximate surface area is 160 Å². The number of rotatable bonds is 8. The van der Waals surface area contributed by atoms with Gasteiger partial charge in [0.05, 0.1) is 32.0 Å². The smallest absolute Gasteiger partial charge is 0.340 e. The fraction of sp³-hybridized carbons (Fsp3) is 0.429. The number of methoxy groups -OCH3 is 1. The predicted molar refractivity (Wildman–Crippen MR) is 104 cm³/mol. The Morgan fingerprint density at radius 3 is 2.52 bits per heavy atom. The number of aromatic nitrogens is 1. The first kappa shape index (κ1) is 20.7. The lowest BCUT2D eigenvalue weighted by atomic mass is 10.0. The highest BCUT2D eigenvalue weighted by atomic mass is 16.5. The van der Waals surface area contributed by atoms with Gasteiger partial charge in [0, 0.05) is 11.3 Å². The summed E-state index contributed by atoms with van der Waals surface area (Å²) in [4.78, 5) is 29.3. The summed E-state index contributed by atoms with van der Waals surface area (Å²) in [6, 6.07) is 7.51. The van der Waals surface area contributed by atoms with E-state index in [4.69, 9.17) is 9.47 Å². The minimum absolute atomic E-state index is 0.0291. The van der Waals surface area contributed by atoms with E-state index in [1.165, 1.54) is 0 Å². The number of carbonyl (C=O) groups is 2. The van der Waals surface area contributed by atoms with E-state index in [2.05, 4.69) is 4.98 Å². The summed E-state index contributed by atoms with van der Waals surface area (Å²) in [5.74, 6) is 0.386. The molecule has 0 aliphatic heterocycles. The van der Waals surface area contributed by atoms with Crippen molar-refractivity contribution in [3.8, 4) is 5.75 Å². The second kappa shape index (κ2) is 8.86. The number of ketones is 1. The van der Waals surface area contributed by atoms with Crippen molar-refractivity contribution in [3.05, 3.63) is 52.3 Å². The molecule has 1 aromatic heterocycles. The first-order valence-electron chi connectivity index (χ1n) is 9.16. The molecular formula is C21H29N2O4+. The molecule has 1 unspecified atom stereocenters. The standard InChI is InChI=1S/C21H28N2O4/c1-7-27-21(25)18-13(2)19(22-14(18)3)20(24)15(4)23(5)12-16-10-8-9-11-17(16)26-6/h8-11,15,22H,7,12H2,1-6H3/p+1/t15-/m0/s1. The van der Waals surface area contributed by atoms with Crippen molar-refractivity contribution >= 4 is 11.8 Å². The molecule has 0 aliphatic carbocycles. The van der Waals surface area contributed by atoms with Crippen LogP contribution in [0.1, 0.15) is 51.5 Å². The van der Waals surface area contributed by atoms with Crippen LogP contribution >= 0.6 is 0 Å². The van der Waals surface area contributed by atoms with Gasteiger partial charge in [0.25, 0.3) is 0 Å². The molecule has 27 heavy (non-hydrogen) atoms. The number of esters is 1. The zero-order valence-electron chi connectivity index (χ0n) is 16.9. The first-order chi connectivity index (χ1) is 12.8. The lowest BCUT2D eigenvalue weighted by Crippen LogP contribution is -3.12. The minimum Gasteiger partial charge on any atom is -0.496 e. The van der Waals surface area contributed by atoms with Crippen LogP contribution in [0.5, 0.6) is 5.75 Å². The van der Waals surface area contributed by atoms with Crippen LogP contribution in [0.4, 0.5) is 0 Å². The van der Waals surface area contributed by atoms with Crippen molar-refractivity contribution < 1.29 is 24.0 Å². The van der Waals surface area contributed by atoms with Gasteiger partial charge >= 0.3 is 5.97 Å². The molecule has 1 heterocycles. The van der Waals surface area contributed by atoms with Crippen molar-refractivity contribution in [3.63, 3.8) is 0 Å². The predicted octanol–water partition coefficient (Wildman–Crippen LogP) is 2.10. The van der Waals surface area contributed by atoms with Crippen molar-refractivity contribution in [2.75, 3.05) is 20.8 Å². The van der Waals surface area contributed by atoms with Crippen molar-refractivity contribution in [2.24, 2.45) is 0 Å². The number of quaternary nitrogens is 1. The van der Waals surface area contributed by atoms with E-state index in [1.54, 1.807) is 27.9 Å². The summed E-state index contributed by atoms with van der Waals surface area (Å²) in [5.41, 5.74) is 3.28. The fourth-order valence-corrected chi connectivity index (χ4v) is 3.25. The van der Waals surface area contributed by atoms with Crippen molar-refractivity contribution in [2.45, 2.75) is 40.3 Å². The number of aryl methyl sites for hydroxylation is 1. The average Bonchev–Trinajstić information content (AvgIpc) is 2.95. The Kier molecular flexibility index (Phi) is 6.80. The molecule has 6 heteroatoms. The number of hydrogen-bond donors (Lipinski definition) is 2. The molecule has 0 radical (unpaired) electrons. The molecule has 2 N–H and O–H groups in total. The normalized spacial score (nSPS) is 13.1. The van der Waals surface area contributed by atoms with Crippen LogP contribution in [0.3, 0.4) is 0 Å². The van der Waals surface area contributed by atoms with E-state index in [-0.39, 0.29) is 11.8 Å². The van der Waals surface area contributed by atoms with E-state index in [0.717, 1.165) is 16.2 Å². The van der Waals surface area contributed by atoms with Crippen LogP contribution in [0.2, 0.25) is 0 Å². The summed E-state index contributed by atoms with van der Waals surface area (Å²) < 4.78 is 10.5. The van der Waals surface area contributed by atoms with Crippen LogP contribution in [0.25, 0.3) is 0 Å². The maximum Gasteiger partial charge on any atom is 0.340 e. The SMILES string of the molecule is CCOC(=O)c1c(C)[nH]c(C(=O)[C@H](C)[NH+](C)Cc2ccccc2OC)c1C. The molecule has 0 saturated carbocycles.